The summed E-state index contributed by atoms with van der Waals surface area (Å²) < 4.78 is 29.1. The van der Waals surface area contributed by atoms with Gasteiger partial charge in [-0.3, -0.25) is 0 Å². The summed E-state index contributed by atoms with van der Waals surface area (Å²) in [5.74, 6) is -1.37. The van der Waals surface area contributed by atoms with Crippen LogP contribution in [0.1, 0.15) is 22.5 Å². The number of aromatic hydroxyl groups is 1. The Morgan fingerprint density at radius 1 is 1.67 bits per heavy atom. The molecule has 0 aromatic carbocycles. The number of methoxy groups -OCH3 is 1. The monoisotopic (exact) mass is 281 g/mol. The SMILES string of the molecule is COC(=O)c1cc(O)c(Br)nc1C(F)F. The third-order valence-electron chi connectivity index (χ3n) is 1.60. The highest BCUT2D eigenvalue weighted by Crippen LogP contribution is 2.29. The average Bonchev–Trinajstić information content (AvgIpc) is 2.20. The van der Waals surface area contributed by atoms with Crippen LogP contribution in [0.5, 0.6) is 5.75 Å². The summed E-state index contributed by atoms with van der Waals surface area (Å²) in [5.41, 5.74) is -1.18. The van der Waals surface area contributed by atoms with Gasteiger partial charge in [0, 0.05) is 0 Å². The quantitative estimate of drug-likeness (QED) is 0.667. The first-order chi connectivity index (χ1) is 6.97. The minimum absolute atomic E-state index is 0.148. The minimum Gasteiger partial charge on any atom is -0.505 e. The smallest absolute Gasteiger partial charge is 0.340 e. The molecule has 0 amide bonds. The van der Waals surface area contributed by atoms with Crippen molar-refractivity contribution < 1.29 is 23.4 Å². The molecule has 0 bridgehead atoms. The molecule has 15 heavy (non-hydrogen) atoms. The number of ether oxygens (including phenoxy) is 1. The van der Waals surface area contributed by atoms with Crippen LogP contribution in [-0.4, -0.2) is 23.2 Å². The van der Waals surface area contributed by atoms with E-state index in [1.165, 1.54) is 0 Å². The maximum absolute atomic E-state index is 12.5. The van der Waals surface area contributed by atoms with Gasteiger partial charge in [-0.05, 0) is 22.0 Å². The van der Waals surface area contributed by atoms with Crippen molar-refractivity contribution in [3.8, 4) is 5.75 Å². The molecule has 7 heteroatoms. The fourth-order valence-electron chi connectivity index (χ4n) is 0.933. The zero-order chi connectivity index (χ0) is 11.6. The van der Waals surface area contributed by atoms with Crippen LogP contribution in [-0.2, 0) is 4.74 Å². The molecule has 1 N–H and O–H groups in total. The molecule has 0 saturated heterocycles. The van der Waals surface area contributed by atoms with E-state index in [0.29, 0.717) is 0 Å². The van der Waals surface area contributed by atoms with E-state index in [1.807, 2.05) is 0 Å². The van der Waals surface area contributed by atoms with Crippen molar-refractivity contribution in [3.05, 3.63) is 21.9 Å². The van der Waals surface area contributed by atoms with Gasteiger partial charge in [0.1, 0.15) is 16.0 Å². The normalized spacial score (nSPS) is 10.5. The van der Waals surface area contributed by atoms with E-state index in [2.05, 4.69) is 25.7 Å². The van der Waals surface area contributed by atoms with Crippen molar-refractivity contribution in [2.24, 2.45) is 0 Å². The number of hydrogen-bond acceptors (Lipinski definition) is 4. The molecule has 0 atom stereocenters. The molecule has 0 aliphatic heterocycles. The van der Waals surface area contributed by atoms with Crippen LogP contribution in [0.4, 0.5) is 8.78 Å². The number of hydrogen-bond donors (Lipinski definition) is 1. The molecular formula is C8H6BrF2NO3. The zero-order valence-electron chi connectivity index (χ0n) is 7.50. The van der Waals surface area contributed by atoms with Crippen molar-refractivity contribution in [1.29, 1.82) is 0 Å². The fraction of sp³-hybridized carbons (Fsp3) is 0.250. The van der Waals surface area contributed by atoms with Crippen molar-refractivity contribution >= 4 is 21.9 Å². The highest BCUT2D eigenvalue weighted by Gasteiger charge is 2.22. The lowest BCUT2D eigenvalue weighted by Gasteiger charge is -2.07. The largest absolute Gasteiger partial charge is 0.505 e. The summed E-state index contributed by atoms with van der Waals surface area (Å²) in [4.78, 5) is 14.4. The van der Waals surface area contributed by atoms with E-state index < -0.39 is 29.4 Å². The summed E-state index contributed by atoms with van der Waals surface area (Å²) >= 11 is 2.77. The highest BCUT2D eigenvalue weighted by atomic mass is 79.9. The Bertz CT molecular complexity index is 398. The van der Waals surface area contributed by atoms with Crippen molar-refractivity contribution in [3.63, 3.8) is 0 Å². The number of pyridine rings is 1. The maximum atomic E-state index is 12.5. The lowest BCUT2D eigenvalue weighted by Crippen LogP contribution is -2.08. The number of alkyl halides is 2. The molecule has 1 heterocycles. The van der Waals surface area contributed by atoms with Crippen LogP contribution >= 0.6 is 15.9 Å². The Morgan fingerprint density at radius 2 is 2.27 bits per heavy atom. The Morgan fingerprint density at radius 3 is 2.73 bits per heavy atom. The van der Waals surface area contributed by atoms with Crippen molar-refractivity contribution in [2.75, 3.05) is 7.11 Å². The predicted molar refractivity (Wildman–Crippen MR) is 49.9 cm³/mol. The molecule has 0 radical (unpaired) electrons. The lowest BCUT2D eigenvalue weighted by molar-refractivity contribution is 0.0586. The van der Waals surface area contributed by atoms with Crippen LogP contribution in [0.25, 0.3) is 0 Å². The number of carbonyl (C=O) groups excluding carboxylic acids is 1. The predicted octanol–water partition coefficient (Wildman–Crippen LogP) is 2.27. The molecule has 4 nitrogen and oxygen atoms in total. The highest BCUT2D eigenvalue weighted by molar-refractivity contribution is 9.10. The van der Waals surface area contributed by atoms with Crippen LogP contribution in [0.3, 0.4) is 0 Å². The molecule has 0 spiro atoms. The second-order valence-electron chi connectivity index (χ2n) is 2.52. The number of esters is 1. The van der Waals surface area contributed by atoms with Crippen molar-refractivity contribution in [1.82, 2.24) is 4.98 Å². The van der Waals surface area contributed by atoms with Gasteiger partial charge in [0.05, 0.1) is 12.7 Å². The van der Waals surface area contributed by atoms with Gasteiger partial charge in [-0.1, -0.05) is 0 Å². The van der Waals surface area contributed by atoms with E-state index in [4.69, 9.17) is 0 Å². The summed E-state index contributed by atoms with van der Waals surface area (Å²) in [6, 6.07) is 0.879. The molecule has 0 saturated carbocycles. The Kier molecular flexibility index (Phi) is 3.57. The number of aromatic nitrogens is 1. The summed E-state index contributed by atoms with van der Waals surface area (Å²) in [7, 11) is 1.05. The van der Waals surface area contributed by atoms with E-state index in [0.717, 1.165) is 13.2 Å². The van der Waals surface area contributed by atoms with Gasteiger partial charge in [0.2, 0.25) is 0 Å². The van der Waals surface area contributed by atoms with Gasteiger partial charge in [-0.2, -0.15) is 0 Å². The van der Waals surface area contributed by atoms with Gasteiger partial charge >= 0.3 is 5.97 Å². The van der Waals surface area contributed by atoms with Crippen LogP contribution < -0.4 is 0 Å². The lowest BCUT2D eigenvalue weighted by atomic mass is 10.2. The second kappa shape index (κ2) is 4.52. The molecule has 0 fully saturated rings. The molecule has 1 rings (SSSR count). The van der Waals surface area contributed by atoms with E-state index >= 15 is 0 Å². The molecule has 1 aromatic rings. The summed E-state index contributed by atoms with van der Waals surface area (Å²) in [6.45, 7) is 0. The van der Waals surface area contributed by atoms with Crippen LogP contribution in [0.15, 0.2) is 10.7 Å². The number of halogens is 3. The Labute approximate surface area is 92.0 Å². The van der Waals surface area contributed by atoms with E-state index in [1.54, 1.807) is 0 Å². The topological polar surface area (TPSA) is 59.4 Å². The van der Waals surface area contributed by atoms with Crippen LogP contribution in [0.2, 0.25) is 0 Å². The molecule has 0 aliphatic rings. The van der Waals surface area contributed by atoms with Gasteiger partial charge in [0.15, 0.2) is 0 Å². The van der Waals surface area contributed by atoms with Crippen LogP contribution in [0, 0.1) is 0 Å². The zero-order valence-corrected chi connectivity index (χ0v) is 9.09. The first-order valence-electron chi connectivity index (χ1n) is 3.73. The summed E-state index contributed by atoms with van der Waals surface area (Å²) in [5, 5.41) is 9.19. The third kappa shape index (κ3) is 2.41. The minimum atomic E-state index is -2.92. The van der Waals surface area contributed by atoms with Gasteiger partial charge in [-0.25, -0.2) is 18.6 Å². The Hall–Kier alpha value is -1.24. The van der Waals surface area contributed by atoms with E-state index in [9.17, 15) is 18.7 Å². The first-order valence-corrected chi connectivity index (χ1v) is 4.52. The molecule has 0 aliphatic carbocycles. The van der Waals surface area contributed by atoms with Gasteiger partial charge in [0.25, 0.3) is 6.43 Å². The molecule has 1 aromatic heterocycles. The summed E-state index contributed by atoms with van der Waals surface area (Å²) in [6.07, 6.45) is -2.92. The second-order valence-corrected chi connectivity index (χ2v) is 3.27. The first kappa shape index (κ1) is 11.8. The average molecular weight is 282 g/mol. The maximum Gasteiger partial charge on any atom is 0.340 e. The van der Waals surface area contributed by atoms with Crippen molar-refractivity contribution in [2.45, 2.75) is 6.43 Å². The Balaban J connectivity index is 3.34. The number of carbonyl (C=O) groups is 1. The fourth-order valence-corrected chi connectivity index (χ4v) is 1.24. The number of rotatable bonds is 2. The third-order valence-corrected chi connectivity index (χ3v) is 2.18. The van der Waals surface area contributed by atoms with Gasteiger partial charge in [-0.15, -0.1) is 0 Å². The van der Waals surface area contributed by atoms with E-state index in [-0.39, 0.29) is 4.60 Å². The number of nitrogens with zero attached hydrogens (tertiary/aromatic N) is 1. The molecular weight excluding hydrogens is 276 g/mol. The standard InChI is InChI=1S/C8H6BrF2NO3/c1-15-8(14)3-2-4(13)6(9)12-5(3)7(10)11/h2,7,13H,1H3. The molecule has 0 unspecified atom stereocenters. The van der Waals surface area contributed by atoms with Gasteiger partial charge < -0.3 is 9.84 Å². The molecule has 82 valence electrons.